The molecule has 0 saturated heterocycles. The van der Waals surface area contributed by atoms with E-state index in [-0.39, 0.29) is 5.56 Å². The number of hydrogen-bond acceptors (Lipinski definition) is 4. The number of aryl methyl sites for hydroxylation is 2. The molecule has 0 amide bonds. The lowest BCUT2D eigenvalue weighted by Gasteiger charge is -2.27. The monoisotopic (exact) mass is 363 g/mol. The summed E-state index contributed by atoms with van der Waals surface area (Å²) in [6.07, 6.45) is 12.3. The molecule has 0 atom stereocenters. The van der Waals surface area contributed by atoms with E-state index >= 15 is 0 Å². The van der Waals surface area contributed by atoms with E-state index in [2.05, 4.69) is 35.3 Å². The molecule has 140 valence electrons. The van der Waals surface area contributed by atoms with Crippen molar-refractivity contribution in [2.45, 2.75) is 52.1 Å². The summed E-state index contributed by atoms with van der Waals surface area (Å²) in [4.78, 5) is 16.6. The summed E-state index contributed by atoms with van der Waals surface area (Å²) in [7, 11) is 0. The van der Waals surface area contributed by atoms with E-state index in [1.807, 2.05) is 24.8 Å². The summed E-state index contributed by atoms with van der Waals surface area (Å²) in [5.74, 6) is 0. The third-order valence-electron chi connectivity index (χ3n) is 5.11. The van der Waals surface area contributed by atoms with Crippen molar-refractivity contribution < 1.29 is 0 Å². The van der Waals surface area contributed by atoms with E-state index in [1.165, 1.54) is 19.3 Å². The Balaban J connectivity index is 1.59. The van der Waals surface area contributed by atoms with Gasteiger partial charge in [0.2, 0.25) is 0 Å². The molecule has 0 bridgehead atoms. The third-order valence-corrected chi connectivity index (χ3v) is 5.11. The molecule has 6 heteroatoms. The third kappa shape index (κ3) is 3.65. The van der Waals surface area contributed by atoms with E-state index in [0.717, 1.165) is 34.6 Å². The van der Waals surface area contributed by atoms with Gasteiger partial charge in [0, 0.05) is 36.6 Å². The van der Waals surface area contributed by atoms with Crippen molar-refractivity contribution in [2.75, 3.05) is 5.32 Å². The van der Waals surface area contributed by atoms with Crippen molar-refractivity contribution >= 4 is 5.69 Å². The number of aromatic nitrogens is 4. The van der Waals surface area contributed by atoms with Crippen LogP contribution in [0.4, 0.5) is 5.69 Å². The van der Waals surface area contributed by atoms with Gasteiger partial charge in [-0.1, -0.05) is 6.92 Å². The zero-order valence-corrected chi connectivity index (χ0v) is 15.9. The molecule has 6 nitrogen and oxygen atoms in total. The maximum absolute atomic E-state index is 11.9. The van der Waals surface area contributed by atoms with Crippen molar-refractivity contribution in [1.82, 2.24) is 19.3 Å². The predicted octanol–water partition coefficient (Wildman–Crippen LogP) is 3.78. The van der Waals surface area contributed by atoms with Gasteiger partial charge in [0.05, 0.1) is 29.5 Å². The Kier molecular flexibility index (Phi) is 4.79. The molecule has 0 radical (unpaired) electrons. The van der Waals surface area contributed by atoms with E-state index in [1.54, 1.807) is 21.4 Å². The minimum Gasteiger partial charge on any atom is -0.381 e. The Morgan fingerprint density at radius 3 is 2.78 bits per heavy atom. The second kappa shape index (κ2) is 7.39. The molecule has 1 N–H and O–H groups in total. The first-order chi connectivity index (χ1) is 13.1. The fourth-order valence-electron chi connectivity index (χ4n) is 3.40. The molecule has 1 saturated carbocycles. The van der Waals surface area contributed by atoms with Gasteiger partial charge in [-0.25, -0.2) is 4.68 Å². The van der Waals surface area contributed by atoms with Crippen molar-refractivity contribution in [3.05, 3.63) is 58.9 Å². The SMILES string of the molecule is CCCn1cc(-n2cc(-c3ncc(NC4CCC4)cc3C)cn2)ccc1=O. The number of nitrogens with one attached hydrogen (secondary N) is 1. The van der Waals surface area contributed by atoms with Gasteiger partial charge < -0.3 is 9.88 Å². The zero-order valence-electron chi connectivity index (χ0n) is 15.9. The highest BCUT2D eigenvalue weighted by atomic mass is 16.1. The maximum atomic E-state index is 11.9. The van der Waals surface area contributed by atoms with Crippen LogP contribution in [0.5, 0.6) is 0 Å². The van der Waals surface area contributed by atoms with E-state index < -0.39 is 0 Å². The van der Waals surface area contributed by atoms with Gasteiger partial charge in [0.15, 0.2) is 0 Å². The Labute approximate surface area is 158 Å². The number of hydrogen-bond donors (Lipinski definition) is 1. The Hall–Kier alpha value is -2.89. The van der Waals surface area contributed by atoms with Crippen molar-refractivity contribution in [3.63, 3.8) is 0 Å². The number of anilines is 1. The summed E-state index contributed by atoms with van der Waals surface area (Å²) < 4.78 is 3.52. The molecule has 1 aliphatic carbocycles. The van der Waals surface area contributed by atoms with Crippen LogP contribution < -0.4 is 10.9 Å². The molecular formula is C21H25N5O. The standard InChI is InChI=1S/C21H25N5O/c1-3-9-25-14-19(7-8-20(25)27)26-13-16(11-23-26)21-15(2)10-18(12-22-21)24-17-5-4-6-17/h7-8,10-14,17,24H,3-6,9H2,1-2H3. The quantitative estimate of drug-likeness (QED) is 0.724. The largest absolute Gasteiger partial charge is 0.381 e. The van der Waals surface area contributed by atoms with Crippen LogP contribution in [-0.4, -0.2) is 25.4 Å². The van der Waals surface area contributed by atoms with Crippen LogP contribution in [0.1, 0.15) is 38.2 Å². The summed E-state index contributed by atoms with van der Waals surface area (Å²) in [5.41, 5.74) is 4.99. The van der Waals surface area contributed by atoms with E-state index in [9.17, 15) is 4.79 Å². The van der Waals surface area contributed by atoms with Gasteiger partial charge in [0.1, 0.15) is 0 Å². The second-order valence-corrected chi connectivity index (χ2v) is 7.25. The van der Waals surface area contributed by atoms with Crippen LogP contribution in [0.25, 0.3) is 16.9 Å². The van der Waals surface area contributed by atoms with Gasteiger partial charge in [-0.3, -0.25) is 9.78 Å². The molecule has 27 heavy (non-hydrogen) atoms. The lowest BCUT2D eigenvalue weighted by molar-refractivity contribution is 0.445. The molecule has 3 aromatic rings. The first kappa shape index (κ1) is 17.5. The zero-order chi connectivity index (χ0) is 18.8. The molecule has 3 heterocycles. The van der Waals surface area contributed by atoms with Crippen LogP contribution in [-0.2, 0) is 6.54 Å². The van der Waals surface area contributed by atoms with E-state index in [4.69, 9.17) is 0 Å². The maximum Gasteiger partial charge on any atom is 0.250 e. The van der Waals surface area contributed by atoms with E-state index in [0.29, 0.717) is 12.6 Å². The number of rotatable bonds is 6. The highest BCUT2D eigenvalue weighted by Gasteiger charge is 2.17. The first-order valence-corrected chi connectivity index (χ1v) is 9.63. The van der Waals surface area contributed by atoms with Crippen LogP contribution in [0.3, 0.4) is 0 Å². The highest BCUT2D eigenvalue weighted by Crippen LogP contribution is 2.27. The van der Waals surface area contributed by atoms with Gasteiger partial charge >= 0.3 is 0 Å². The Morgan fingerprint density at radius 1 is 1.22 bits per heavy atom. The molecular weight excluding hydrogens is 338 g/mol. The minimum atomic E-state index is 0.0139. The van der Waals surface area contributed by atoms with Crippen LogP contribution in [0.15, 0.2) is 47.8 Å². The van der Waals surface area contributed by atoms with Crippen LogP contribution in [0.2, 0.25) is 0 Å². The second-order valence-electron chi connectivity index (χ2n) is 7.25. The van der Waals surface area contributed by atoms with Gasteiger partial charge in [-0.15, -0.1) is 0 Å². The number of nitrogens with zero attached hydrogens (tertiary/aromatic N) is 4. The van der Waals surface area contributed by atoms with Crippen molar-refractivity contribution in [1.29, 1.82) is 0 Å². The lowest BCUT2D eigenvalue weighted by atomic mass is 9.93. The predicted molar refractivity (Wildman–Crippen MR) is 107 cm³/mol. The number of pyridine rings is 2. The fraction of sp³-hybridized carbons (Fsp3) is 0.381. The van der Waals surface area contributed by atoms with Gasteiger partial charge in [0.25, 0.3) is 5.56 Å². The molecule has 0 aromatic carbocycles. The molecule has 4 rings (SSSR count). The van der Waals surface area contributed by atoms with Crippen LogP contribution in [0, 0.1) is 6.92 Å². The highest BCUT2D eigenvalue weighted by molar-refractivity contribution is 5.64. The van der Waals surface area contributed by atoms with Crippen molar-refractivity contribution in [2.24, 2.45) is 0 Å². The molecule has 0 aliphatic heterocycles. The summed E-state index contributed by atoms with van der Waals surface area (Å²) in [6.45, 7) is 4.84. The molecule has 3 aromatic heterocycles. The molecule has 0 spiro atoms. The van der Waals surface area contributed by atoms with Crippen LogP contribution >= 0.6 is 0 Å². The average Bonchev–Trinajstić information content (AvgIpc) is 3.10. The minimum absolute atomic E-state index is 0.0139. The lowest BCUT2D eigenvalue weighted by Crippen LogP contribution is -2.27. The summed E-state index contributed by atoms with van der Waals surface area (Å²) in [6, 6.07) is 6.14. The van der Waals surface area contributed by atoms with Gasteiger partial charge in [-0.2, -0.15) is 5.10 Å². The topological polar surface area (TPSA) is 64.7 Å². The molecule has 0 unspecified atom stereocenters. The summed E-state index contributed by atoms with van der Waals surface area (Å²) in [5, 5.41) is 8.01. The van der Waals surface area contributed by atoms with Gasteiger partial charge in [-0.05, 0) is 50.3 Å². The van der Waals surface area contributed by atoms with Crippen molar-refractivity contribution in [3.8, 4) is 16.9 Å². The first-order valence-electron chi connectivity index (χ1n) is 9.63. The molecule has 1 aliphatic rings. The molecule has 1 fully saturated rings. The Morgan fingerprint density at radius 2 is 2.07 bits per heavy atom. The normalized spacial score (nSPS) is 14.1. The fourth-order valence-corrected chi connectivity index (χ4v) is 3.40. The Bertz CT molecular complexity index is 1000. The smallest absolute Gasteiger partial charge is 0.250 e. The average molecular weight is 363 g/mol. The summed E-state index contributed by atoms with van der Waals surface area (Å²) >= 11 is 0.